The van der Waals surface area contributed by atoms with Gasteiger partial charge in [-0.15, -0.1) is 0 Å². The van der Waals surface area contributed by atoms with Crippen LogP contribution in [0.15, 0.2) is 36.4 Å². The van der Waals surface area contributed by atoms with E-state index in [0.717, 1.165) is 0 Å². The largest absolute Gasteiger partial charge is 0.447 e. The zero-order chi connectivity index (χ0) is 15.6. The van der Waals surface area contributed by atoms with Gasteiger partial charge in [0.2, 0.25) is 5.75 Å². The molecule has 0 bridgehead atoms. The van der Waals surface area contributed by atoms with Crippen molar-refractivity contribution in [2.75, 3.05) is 0 Å². The molecule has 2 aromatic rings. The van der Waals surface area contributed by atoms with Gasteiger partial charge in [-0.25, -0.2) is 4.39 Å². The summed E-state index contributed by atoms with van der Waals surface area (Å²) < 4.78 is 19.5. The molecule has 0 aliphatic rings. The van der Waals surface area contributed by atoms with Crippen LogP contribution in [-0.4, -0.2) is 4.92 Å². The van der Waals surface area contributed by atoms with Crippen LogP contribution in [-0.2, 0) is 0 Å². The van der Waals surface area contributed by atoms with Crippen LogP contribution in [0.25, 0.3) is 0 Å². The summed E-state index contributed by atoms with van der Waals surface area (Å²) in [4.78, 5) is 10.6. The van der Waals surface area contributed by atoms with Gasteiger partial charge in [0.25, 0.3) is 0 Å². The normalized spacial score (nSPS) is 12.0. The van der Waals surface area contributed by atoms with Gasteiger partial charge in [0, 0.05) is 17.2 Å². The first kappa shape index (κ1) is 14.9. The predicted molar refractivity (Wildman–Crippen MR) is 76.9 cm³/mol. The number of nitro benzene ring substituents is 1. The van der Waals surface area contributed by atoms with E-state index < -0.39 is 16.8 Å². The summed E-state index contributed by atoms with van der Waals surface area (Å²) in [6.07, 6.45) is 0. The third kappa shape index (κ3) is 3.00. The molecule has 0 aliphatic heterocycles. The number of benzene rings is 2. The molecule has 0 spiro atoms. The number of halogens is 1. The summed E-state index contributed by atoms with van der Waals surface area (Å²) in [5, 5.41) is 11.1. The molecule has 0 aliphatic carbocycles. The van der Waals surface area contributed by atoms with Gasteiger partial charge in [-0.2, -0.15) is 0 Å². The highest BCUT2D eigenvalue weighted by molar-refractivity contribution is 5.54. The van der Waals surface area contributed by atoms with Gasteiger partial charge in [-0.1, -0.05) is 24.3 Å². The van der Waals surface area contributed by atoms with Crippen molar-refractivity contribution in [1.82, 2.24) is 0 Å². The number of aryl methyl sites for hydroxylation is 1. The van der Waals surface area contributed by atoms with Gasteiger partial charge in [0.05, 0.1) is 4.92 Å². The van der Waals surface area contributed by atoms with Crippen LogP contribution >= 0.6 is 0 Å². The zero-order valence-corrected chi connectivity index (χ0v) is 11.7. The molecule has 0 aromatic heterocycles. The summed E-state index contributed by atoms with van der Waals surface area (Å²) >= 11 is 0. The fourth-order valence-corrected chi connectivity index (χ4v) is 2.05. The summed E-state index contributed by atoms with van der Waals surface area (Å²) in [7, 11) is 0. The minimum atomic E-state index is -0.611. The number of para-hydroxylation sites is 2. The molecule has 6 heteroatoms. The lowest BCUT2D eigenvalue weighted by atomic mass is 10.1. The molecule has 2 aromatic carbocycles. The zero-order valence-electron chi connectivity index (χ0n) is 11.7. The lowest BCUT2D eigenvalue weighted by Crippen LogP contribution is -2.08. The first-order chi connectivity index (χ1) is 9.91. The number of ether oxygens (including phenoxy) is 1. The average Bonchev–Trinajstić information content (AvgIpc) is 2.40. The number of hydrogen-bond donors (Lipinski definition) is 1. The molecule has 0 amide bonds. The maximum atomic E-state index is 14.0. The minimum Gasteiger partial charge on any atom is -0.447 e. The van der Waals surface area contributed by atoms with E-state index in [-0.39, 0.29) is 17.2 Å². The molecular formula is C15H15FN2O3. The molecule has 5 nitrogen and oxygen atoms in total. The summed E-state index contributed by atoms with van der Waals surface area (Å²) in [5.41, 5.74) is 6.49. The molecular weight excluding hydrogens is 275 g/mol. The maximum Gasteiger partial charge on any atom is 0.314 e. The molecule has 110 valence electrons. The molecule has 2 N–H and O–H groups in total. The van der Waals surface area contributed by atoms with Crippen molar-refractivity contribution in [1.29, 1.82) is 0 Å². The number of nitro groups is 1. The summed E-state index contributed by atoms with van der Waals surface area (Å²) in [5.74, 6) is -0.700. The predicted octanol–water partition coefficient (Wildman–Crippen LogP) is 3.85. The molecule has 1 unspecified atom stereocenters. The van der Waals surface area contributed by atoms with E-state index in [1.54, 1.807) is 32.0 Å². The number of nitrogens with zero attached hydrogens (tertiary/aromatic N) is 1. The Bertz CT molecular complexity index is 687. The van der Waals surface area contributed by atoms with E-state index in [1.165, 1.54) is 18.2 Å². The van der Waals surface area contributed by atoms with Crippen molar-refractivity contribution >= 4 is 5.69 Å². The third-order valence-electron chi connectivity index (χ3n) is 3.08. The Morgan fingerprint density at radius 1 is 1.29 bits per heavy atom. The standard InChI is InChI=1S/C15H15FN2O3/c1-9-5-3-8-13(14(9)18(19)20)21-15-11(10(2)17)6-4-7-12(15)16/h3-8,10H,17H2,1-2H3. The summed E-state index contributed by atoms with van der Waals surface area (Å²) in [6, 6.07) is 8.56. The molecule has 0 radical (unpaired) electrons. The average molecular weight is 290 g/mol. The second kappa shape index (κ2) is 5.88. The molecule has 2 rings (SSSR count). The number of rotatable bonds is 4. The molecule has 1 atom stereocenters. The van der Waals surface area contributed by atoms with E-state index >= 15 is 0 Å². The lowest BCUT2D eigenvalue weighted by molar-refractivity contribution is -0.386. The van der Waals surface area contributed by atoms with Crippen LogP contribution in [0.2, 0.25) is 0 Å². The fraction of sp³-hybridized carbons (Fsp3) is 0.200. The first-order valence-corrected chi connectivity index (χ1v) is 6.37. The van der Waals surface area contributed by atoms with Crippen molar-refractivity contribution in [3.05, 3.63) is 63.5 Å². The van der Waals surface area contributed by atoms with E-state index in [9.17, 15) is 14.5 Å². The van der Waals surface area contributed by atoms with Crippen LogP contribution < -0.4 is 10.5 Å². The van der Waals surface area contributed by atoms with E-state index in [1.807, 2.05) is 0 Å². The van der Waals surface area contributed by atoms with Crippen LogP contribution in [0, 0.1) is 22.9 Å². The van der Waals surface area contributed by atoms with Crippen molar-refractivity contribution < 1.29 is 14.1 Å². The van der Waals surface area contributed by atoms with Crippen LogP contribution in [0.1, 0.15) is 24.1 Å². The van der Waals surface area contributed by atoms with Crippen molar-refractivity contribution in [3.8, 4) is 11.5 Å². The Labute approximate surface area is 121 Å². The van der Waals surface area contributed by atoms with E-state index in [0.29, 0.717) is 11.1 Å². The minimum absolute atomic E-state index is 0.00741. The van der Waals surface area contributed by atoms with E-state index in [2.05, 4.69) is 0 Å². The van der Waals surface area contributed by atoms with Gasteiger partial charge in [0.15, 0.2) is 11.6 Å². The third-order valence-corrected chi connectivity index (χ3v) is 3.08. The molecule has 0 heterocycles. The fourth-order valence-electron chi connectivity index (χ4n) is 2.05. The topological polar surface area (TPSA) is 78.4 Å². The van der Waals surface area contributed by atoms with Crippen molar-refractivity contribution in [2.45, 2.75) is 19.9 Å². The molecule has 0 fully saturated rings. The highest BCUT2D eigenvalue weighted by Gasteiger charge is 2.22. The monoisotopic (exact) mass is 290 g/mol. The Balaban J connectivity index is 2.54. The molecule has 21 heavy (non-hydrogen) atoms. The first-order valence-electron chi connectivity index (χ1n) is 6.37. The summed E-state index contributed by atoms with van der Waals surface area (Å²) in [6.45, 7) is 3.28. The van der Waals surface area contributed by atoms with Gasteiger partial charge in [-0.05, 0) is 26.0 Å². The van der Waals surface area contributed by atoms with Crippen LogP contribution in [0.4, 0.5) is 10.1 Å². The van der Waals surface area contributed by atoms with Gasteiger partial charge in [0.1, 0.15) is 0 Å². The highest BCUT2D eigenvalue weighted by Crippen LogP contribution is 2.37. The molecule has 0 saturated carbocycles. The van der Waals surface area contributed by atoms with Crippen LogP contribution in [0.5, 0.6) is 11.5 Å². The second-order valence-corrected chi connectivity index (χ2v) is 4.73. The van der Waals surface area contributed by atoms with Crippen molar-refractivity contribution in [3.63, 3.8) is 0 Å². The number of nitrogens with two attached hydrogens (primary N) is 1. The second-order valence-electron chi connectivity index (χ2n) is 4.73. The maximum absolute atomic E-state index is 14.0. The Morgan fingerprint density at radius 2 is 1.95 bits per heavy atom. The Hall–Kier alpha value is -2.47. The Kier molecular flexibility index (Phi) is 4.18. The lowest BCUT2D eigenvalue weighted by Gasteiger charge is -2.14. The van der Waals surface area contributed by atoms with Gasteiger partial charge >= 0.3 is 5.69 Å². The van der Waals surface area contributed by atoms with Gasteiger partial charge in [-0.3, -0.25) is 10.1 Å². The quantitative estimate of drug-likeness (QED) is 0.685. The SMILES string of the molecule is Cc1cccc(Oc2c(F)cccc2C(C)N)c1[N+](=O)[O-]. The van der Waals surface area contributed by atoms with Crippen molar-refractivity contribution in [2.24, 2.45) is 5.73 Å². The number of hydrogen-bond acceptors (Lipinski definition) is 4. The Morgan fingerprint density at radius 3 is 2.57 bits per heavy atom. The van der Waals surface area contributed by atoms with Crippen LogP contribution in [0.3, 0.4) is 0 Å². The van der Waals surface area contributed by atoms with Gasteiger partial charge < -0.3 is 10.5 Å². The highest BCUT2D eigenvalue weighted by atomic mass is 19.1. The molecule has 0 saturated heterocycles. The van der Waals surface area contributed by atoms with E-state index in [4.69, 9.17) is 10.5 Å². The smallest absolute Gasteiger partial charge is 0.314 e.